The van der Waals surface area contributed by atoms with Gasteiger partial charge in [0, 0.05) is 16.6 Å². The zero-order valence-electron chi connectivity index (χ0n) is 9.04. The lowest BCUT2D eigenvalue weighted by Gasteiger charge is -2.44. The van der Waals surface area contributed by atoms with Gasteiger partial charge in [-0.1, -0.05) is 0 Å². The van der Waals surface area contributed by atoms with Gasteiger partial charge in [0.1, 0.15) is 16.2 Å². The minimum absolute atomic E-state index is 0.311. The zero-order valence-corrected chi connectivity index (χ0v) is 11.4. The largest absolute Gasteiger partial charge is 0.365 e. The predicted molar refractivity (Wildman–Crippen MR) is 68.4 cm³/mol. The van der Waals surface area contributed by atoms with Crippen LogP contribution < -0.4 is 5.32 Å². The Labute approximate surface area is 103 Å². The van der Waals surface area contributed by atoms with Gasteiger partial charge in [-0.05, 0) is 36.7 Å². The number of nitrogens with zero attached hydrogens (tertiary/aromatic N) is 2. The van der Waals surface area contributed by atoms with Crippen molar-refractivity contribution in [3.05, 3.63) is 16.5 Å². The number of hydrogen-bond acceptors (Lipinski definition) is 4. The molecule has 1 N–H and O–H groups in total. The SMILES string of the molecule is Cc1nc(Br)cc(NC2CSC2(C)C)n1. The van der Waals surface area contributed by atoms with Crippen LogP contribution in [0.3, 0.4) is 0 Å². The van der Waals surface area contributed by atoms with Gasteiger partial charge in [-0.2, -0.15) is 11.8 Å². The number of aryl methyl sites for hydroxylation is 1. The van der Waals surface area contributed by atoms with Crippen molar-refractivity contribution in [2.45, 2.75) is 31.6 Å². The summed E-state index contributed by atoms with van der Waals surface area (Å²) >= 11 is 5.36. The highest BCUT2D eigenvalue weighted by Crippen LogP contribution is 2.41. The van der Waals surface area contributed by atoms with Gasteiger partial charge in [0.15, 0.2) is 0 Å². The van der Waals surface area contributed by atoms with Crippen molar-refractivity contribution in [2.75, 3.05) is 11.1 Å². The summed E-state index contributed by atoms with van der Waals surface area (Å²) < 4.78 is 1.15. The summed E-state index contributed by atoms with van der Waals surface area (Å²) in [6.07, 6.45) is 0. The van der Waals surface area contributed by atoms with Crippen LogP contribution in [0.25, 0.3) is 0 Å². The van der Waals surface area contributed by atoms with Gasteiger partial charge in [0.25, 0.3) is 0 Å². The number of halogens is 1. The van der Waals surface area contributed by atoms with Gasteiger partial charge >= 0.3 is 0 Å². The Morgan fingerprint density at radius 3 is 2.73 bits per heavy atom. The minimum Gasteiger partial charge on any atom is -0.365 e. The second-order valence-corrected chi connectivity index (χ2v) is 6.72. The number of aromatic nitrogens is 2. The number of rotatable bonds is 2. The molecule has 82 valence electrons. The maximum atomic E-state index is 4.36. The van der Waals surface area contributed by atoms with Crippen LogP contribution in [0.2, 0.25) is 0 Å². The summed E-state index contributed by atoms with van der Waals surface area (Å²) in [5.41, 5.74) is 0. The number of thioether (sulfide) groups is 1. The third-order valence-electron chi connectivity index (χ3n) is 2.59. The Bertz CT molecular complexity index is 361. The molecule has 0 amide bonds. The first kappa shape index (κ1) is 11.2. The standard InChI is InChI=1S/C10H14BrN3S/c1-6-12-8(11)4-9(13-6)14-7-5-15-10(7,2)3/h4,7H,5H2,1-3H3,(H,12,13,14). The summed E-state index contributed by atoms with van der Waals surface area (Å²) in [5.74, 6) is 2.85. The molecule has 15 heavy (non-hydrogen) atoms. The fourth-order valence-electron chi connectivity index (χ4n) is 1.50. The van der Waals surface area contributed by atoms with E-state index in [4.69, 9.17) is 0 Å². The summed E-state index contributed by atoms with van der Waals surface area (Å²) in [6.45, 7) is 6.40. The molecule has 2 rings (SSSR count). The molecule has 0 bridgehead atoms. The summed E-state index contributed by atoms with van der Waals surface area (Å²) in [5, 5.41) is 3.45. The van der Waals surface area contributed by atoms with E-state index in [1.807, 2.05) is 24.8 Å². The van der Waals surface area contributed by atoms with E-state index in [0.29, 0.717) is 10.8 Å². The number of hydrogen-bond donors (Lipinski definition) is 1. The molecular formula is C10H14BrN3S. The van der Waals surface area contributed by atoms with Crippen LogP contribution in [0.4, 0.5) is 5.82 Å². The zero-order chi connectivity index (χ0) is 11.1. The van der Waals surface area contributed by atoms with Crippen molar-refractivity contribution < 1.29 is 0 Å². The van der Waals surface area contributed by atoms with Gasteiger partial charge in [-0.15, -0.1) is 0 Å². The molecule has 2 heterocycles. The lowest BCUT2D eigenvalue weighted by molar-refractivity contribution is 0.574. The lowest BCUT2D eigenvalue weighted by atomic mass is 10.0. The first-order valence-corrected chi connectivity index (χ1v) is 6.67. The number of nitrogens with one attached hydrogen (secondary N) is 1. The van der Waals surface area contributed by atoms with E-state index in [2.05, 4.69) is 45.1 Å². The van der Waals surface area contributed by atoms with E-state index in [1.54, 1.807) is 0 Å². The Morgan fingerprint density at radius 1 is 1.53 bits per heavy atom. The van der Waals surface area contributed by atoms with Crippen LogP contribution in [0.1, 0.15) is 19.7 Å². The Balaban J connectivity index is 2.11. The highest BCUT2D eigenvalue weighted by atomic mass is 79.9. The monoisotopic (exact) mass is 287 g/mol. The molecule has 0 spiro atoms. The van der Waals surface area contributed by atoms with Gasteiger partial charge in [0.2, 0.25) is 0 Å². The van der Waals surface area contributed by atoms with Crippen LogP contribution in [-0.2, 0) is 0 Å². The van der Waals surface area contributed by atoms with Crippen molar-refractivity contribution in [1.82, 2.24) is 9.97 Å². The fourth-order valence-corrected chi connectivity index (χ4v) is 3.11. The third kappa shape index (κ3) is 2.45. The third-order valence-corrected chi connectivity index (χ3v) is 4.52. The van der Waals surface area contributed by atoms with E-state index >= 15 is 0 Å². The van der Waals surface area contributed by atoms with Gasteiger partial charge in [0.05, 0.1) is 6.04 Å². The van der Waals surface area contributed by atoms with Gasteiger partial charge < -0.3 is 5.32 Å². The molecule has 1 aliphatic heterocycles. The van der Waals surface area contributed by atoms with Gasteiger partial charge in [-0.25, -0.2) is 9.97 Å². The molecule has 1 aromatic rings. The Kier molecular flexibility index (Phi) is 2.94. The van der Waals surface area contributed by atoms with E-state index in [-0.39, 0.29) is 0 Å². The van der Waals surface area contributed by atoms with Crippen LogP contribution >= 0.6 is 27.7 Å². The Hall–Kier alpha value is -0.290. The van der Waals surface area contributed by atoms with Crippen LogP contribution in [-0.4, -0.2) is 26.5 Å². The highest BCUT2D eigenvalue weighted by Gasteiger charge is 2.39. The molecule has 1 aliphatic rings. The van der Waals surface area contributed by atoms with E-state index in [9.17, 15) is 0 Å². The molecule has 1 saturated heterocycles. The summed E-state index contributed by atoms with van der Waals surface area (Å²) in [7, 11) is 0. The van der Waals surface area contributed by atoms with Crippen molar-refractivity contribution in [3.8, 4) is 0 Å². The molecule has 0 radical (unpaired) electrons. The first-order chi connectivity index (χ1) is 6.97. The molecule has 0 aliphatic carbocycles. The average molecular weight is 288 g/mol. The Morgan fingerprint density at radius 2 is 2.27 bits per heavy atom. The number of anilines is 1. The van der Waals surface area contributed by atoms with Crippen molar-refractivity contribution in [3.63, 3.8) is 0 Å². The summed E-state index contributed by atoms with van der Waals surface area (Å²) in [6, 6.07) is 2.43. The molecular weight excluding hydrogens is 274 g/mol. The molecule has 1 unspecified atom stereocenters. The van der Waals surface area contributed by atoms with Crippen LogP contribution in [0.15, 0.2) is 10.7 Å². The molecule has 1 aromatic heterocycles. The van der Waals surface area contributed by atoms with Crippen molar-refractivity contribution in [1.29, 1.82) is 0 Å². The van der Waals surface area contributed by atoms with Crippen LogP contribution in [0.5, 0.6) is 0 Å². The lowest BCUT2D eigenvalue weighted by Crippen LogP contribution is -2.50. The van der Waals surface area contributed by atoms with Crippen molar-refractivity contribution in [2.24, 2.45) is 0 Å². The second-order valence-electron chi connectivity index (χ2n) is 4.23. The minimum atomic E-state index is 0.311. The van der Waals surface area contributed by atoms with Crippen LogP contribution in [0, 0.1) is 6.92 Å². The summed E-state index contributed by atoms with van der Waals surface area (Å²) in [4.78, 5) is 8.54. The molecule has 1 fully saturated rings. The van der Waals surface area contributed by atoms with Crippen molar-refractivity contribution >= 4 is 33.5 Å². The topological polar surface area (TPSA) is 37.8 Å². The maximum Gasteiger partial charge on any atom is 0.131 e. The molecule has 3 nitrogen and oxygen atoms in total. The normalized spacial score (nSPS) is 23.3. The first-order valence-electron chi connectivity index (χ1n) is 4.89. The van der Waals surface area contributed by atoms with E-state index in [0.717, 1.165) is 22.0 Å². The molecule has 5 heteroatoms. The molecule has 0 saturated carbocycles. The van der Waals surface area contributed by atoms with Gasteiger partial charge in [-0.3, -0.25) is 0 Å². The highest BCUT2D eigenvalue weighted by molar-refractivity contribution is 9.10. The molecule has 1 atom stereocenters. The second kappa shape index (κ2) is 3.94. The smallest absolute Gasteiger partial charge is 0.131 e. The van der Waals surface area contributed by atoms with E-state index < -0.39 is 0 Å². The molecule has 0 aromatic carbocycles. The predicted octanol–water partition coefficient (Wildman–Crippen LogP) is 2.85. The maximum absolute atomic E-state index is 4.36. The van der Waals surface area contributed by atoms with E-state index in [1.165, 1.54) is 0 Å². The average Bonchev–Trinajstić information content (AvgIpc) is 2.11. The fraction of sp³-hybridized carbons (Fsp3) is 0.600. The quantitative estimate of drug-likeness (QED) is 0.849.